The monoisotopic (exact) mass is 327 g/mol. The zero-order chi connectivity index (χ0) is 17.7. The van der Waals surface area contributed by atoms with Gasteiger partial charge in [-0.2, -0.15) is 0 Å². The van der Waals surface area contributed by atoms with Crippen LogP contribution in [0.25, 0.3) is 6.08 Å². The van der Waals surface area contributed by atoms with Crippen molar-refractivity contribution >= 4 is 18.7 Å². The molecule has 2 aliphatic rings. The first kappa shape index (κ1) is 17.2. The van der Waals surface area contributed by atoms with Crippen LogP contribution in [0, 0.1) is 0 Å². The normalized spacial score (nSPS) is 21.4. The summed E-state index contributed by atoms with van der Waals surface area (Å²) in [5, 5.41) is 0. The summed E-state index contributed by atoms with van der Waals surface area (Å²) in [7, 11) is -0.455. The zero-order valence-corrected chi connectivity index (χ0v) is 15.5. The second-order valence-electron chi connectivity index (χ2n) is 7.76. The van der Waals surface area contributed by atoms with E-state index in [1.165, 1.54) is 5.57 Å². The van der Waals surface area contributed by atoms with E-state index in [2.05, 4.69) is 13.0 Å². The van der Waals surface area contributed by atoms with E-state index in [9.17, 15) is 4.79 Å². The third-order valence-corrected chi connectivity index (χ3v) is 5.34. The molecule has 1 aliphatic carbocycles. The fraction of sp³-hybridized carbons (Fsp3) is 0.526. The molecule has 0 amide bonds. The van der Waals surface area contributed by atoms with Crippen LogP contribution in [0.15, 0.2) is 28.7 Å². The first-order chi connectivity index (χ1) is 11.2. The number of nitrogens with zero attached hydrogens (tertiary/aromatic N) is 1. The third kappa shape index (κ3) is 2.70. The van der Waals surface area contributed by atoms with Crippen molar-refractivity contribution in [3.8, 4) is 0 Å². The Morgan fingerprint density at radius 2 is 1.88 bits per heavy atom. The molecule has 1 fully saturated rings. The van der Waals surface area contributed by atoms with E-state index >= 15 is 0 Å². The van der Waals surface area contributed by atoms with E-state index in [-0.39, 0.29) is 5.56 Å². The molecule has 4 nitrogen and oxygen atoms in total. The lowest BCUT2D eigenvalue weighted by Gasteiger charge is -2.32. The van der Waals surface area contributed by atoms with Gasteiger partial charge in [0.2, 0.25) is 0 Å². The Hall–Kier alpha value is -1.59. The van der Waals surface area contributed by atoms with Gasteiger partial charge in [-0.1, -0.05) is 23.8 Å². The van der Waals surface area contributed by atoms with Gasteiger partial charge in [-0.15, -0.1) is 0 Å². The third-order valence-electron chi connectivity index (χ3n) is 5.34. The van der Waals surface area contributed by atoms with Gasteiger partial charge in [0.1, 0.15) is 0 Å². The largest absolute Gasteiger partial charge is 0.496 e. The molecule has 128 valence electrons. The molecule has 0 N–H and O–H groups in total. The lowest BCUT2D eigenvalue weighted by molar-refractivity contribution is 0.00578. The van der Waals surface area contributed by atoms with Gasteiger partial charge in [-0.05, 0) is 53.5 Å². The number of pyridine rings is 1. The predicted octanol–water partition coefficient (Wildman–Crippen LogP) is 2.68. The maximum absolute atomic E-state index is 12.7. The molecule has 1 saturated heterocycles. The van der Waals surface area contributed by atoms with E-state index in [4.69, 9.17) is 9.31 Å². The van der Waals surface area contributed by atoms with Crippen molar-refractivity contribution in [3.63, 3.8) is 0 Å². The Morgan fingerprint density at radius 1 is 1.25 bits per heavy atom. The summed E-state index contributed by atoms with van der Waals surface area (Å²) in [6.45, 7) is 12.8. The summed E-state index contributed by atoms with van der Waals surface area (Å²) in [5.41, 5.74) is 3.26. The Bertz CT molecular complexity index is 771. The van der Waals surface area contributed by atoms with Crippen LogP contribution in [0.1, 0.15) is 52.7 Å². The van der Waals surface area contributed by atoms with Crippen LogP contribution in [0.3, 0.4) is 0 Å². The van der Waals surface area contributed by atoms with Gasteiger partial charge < -0.3 is 13.9 Å². The second-order valence-corrected chi connectivity index (χ2v) is 7.76. The standard InChI is InChI=1S/C19H26BNO3/c1-7-8-9-21-12-16(14-10-13(2)11-15(14)17(21)22)20-23-18(3,4)19(5,6)24-20/h7-8,10,12H,9,11H2,1-6H3/b8-7+. The van der Waals surface area contributed by atoms with Gasteiger partial charge in [-0.3, -0.25) is 4.79 Å². The number of rotatable bonds is 3. The smallest absolute Gasteiger partial charge is 0.399 e. The molecular formula is C19H26BNO3. The Labute approximate surface area is 144 Å². The fourth-order valence-corrected chi connectivity index (χ4v) is 3.19. The van der Waals surface area contributed by atoms with Crippen molar-refractivity contribution in [2.75, 3.05) is 0 Å². The molecule has 5 heteroatoms. The highest BCUT2D eigenvalue weighted by atomic mass is 16.7. The molecule has 0 unspecified atom stereocenters. The quantitative estimate of drug-likeness (QED) is 0.633. The maximum atomic E-state index is 12.7. The van der Waals surface area contributed by atoms with Crippen molar-refractivity contribution in [1.82, 2.24) is 4.57 Å². The van der Waals surface area contributed by atoms with Crippen molar-refractivity contribution in [2.45, 2.75) is 65.7 Å². The molecule has 1 aromatic rings. The summed E-state index contributed by atoms with van der Waals surface area (Å²) < 4.78 is 14.2. The highest BCUT2D eigenvalue weighted by molar-refractivity contribution is 6.63. The van der Waals surface area contributed by atoms with E-state index in [1.54, 1.807) is 4.57 Å². The molecule has 1 aromatic heterocycles. The van der Waals surface area contributed by atoms with Crippen LogP contribution in [-0.4, -0.2) is 22.9 Å². The summed E-state index contributed by atoms with van der Waals surface area (Å²) in [5.74, 6) is 0. The van der Waals surface area contributed by atoms with Crippen molar-refractivity contribution in [2.24, 2.45) is 0 Å². The number of aromatic nitrogens is 1. The van der Waals surface area contributed by atoms with Crippen molar-refractivity contribution < 1.29 is 9.31 Å². The Kier molecular flexibility index (Phi) is 4.13. The number of hydrogen-bond acceptors (Lipinski definition) is 3. The average molecular weight is 327 g/mol. The Balaban J connectivity index is 2.11. The van der Waals surface area contributed by atoms with Crippen LogP contribution in [-0.2, 0) is 22.3 Å². The molecule has 24 heavy (non-hydrogen) atoms. The fourth-order valence-electron chi connectivity index (χ4n) is 3.19. The van der Waals surface area contributed by atoms with Crippen LogP contribution >= 0.6 is 0 Å². The molecule has 0 spiro atoms. The predicted molar refractivity (Wildman–Crippen MR) is 98.6 cm³/mol. The minimum absolute atomic E-state index is 0.0801. The molecule has 0 radical (unpaired) electrons. The van der Waals surface area contributed by atoms with E-state index in [1.807, 2.05) is 53.0 Å². The lowest BCUT2D eigenvalue weighted by atomic mass is 9.76. The molecule has 2 heterocycles. The van der Waals surface area contributed by atoms with Gasteiger partial charge in [0, 0.05) is 23.8 Å². The van der Waals surface area contributed by atoms with Crippen LogP contribution < -0.4 is 11.0 Å². The van der Waals surface area contributed by atoms with Crippen molar-refractivity contribution in [3.05, 3.63) is 45.4 Å². The first-order valence-corrected chi connectivity index (χ1v) is 8.56. The number of hydrogen-bond donors (Lipinski definition) is 0. The van der Waals surface area contributed by atoms with E-state index < -0.39 is 18.3 Å². The summed E-state index contributed by atoms with van der Waals surface area (Å²) in [4.78, 5) is 12.7. The lowest BCUT2D eigenvalue weighted by Crippen LogP contribution is -2.41. The van der Waals surface area contributed by atoms with Gasteiger partial charge in [0.15, 0.2) is 0 Å². The summed E-state index contributed by atoms with van der Waals surface area (Å²) in [6, 6.07) is 0. The molecule has 0 saturated carbocycles. The molecule has 1 aliphatic heterocycles. The van der Waals surface area contributed by atoms with Crippen LogP contribution in [0.2, 0.25) is 0 Å². The minimum atomic E-state index is -0.455. The zero-order valence-electron chi connectivity index (χ0n) is 15.5. The van der Waals surface area contributed by atoms with Crippen LogP contribution in [0.5, 0.6) is 0 Å². The SMILES string of the molecule is C/C=C/Cn1cc(B2OC(C)(C)C(C)(C)O2)c2c(c1=O)CC(C)=C2. The summed E-state index contributed by atoms with van der Waals surface area (Å²) >= 11 is 0. The minimum Gasteiger partial charge on any atom is -0.399 e. The van der Waals surface area contributed by atoms with Gasteiger partial charge in [0.05, 0.1) is 11.2 Å². The second kappa shape index (κ2) is 5.75. The summed E-state index contributed by atoms with van der Waals surface area (Å²) in [6.07, 6.45) is 8.64. The highest BCUT2D eigenvalue weighted by Gasteiger charge is 2.52. The molecule has 3 rings (SSSR count). The molecular weight excluding hydrogens is 301 g/mol. The highest BCUT2D eigenvalue weighted by Crippen LogP contribution is 2.37. The average Bonchev–Trinajstić information content (AvgIpc) is 2.96. The van der Waals surface area contributed by atoms with Gasteiger partial charge in [0.25, 0.3) is 5.56 Å². The van der Waals surface area contributed by atoms with Crippen LogP contribution in [0.4, 0.5) is 0 Å². The first-order valence-electron chi connectivity index (χ1n) is 8.56. The van der Waals surface area contributed by atoms with E-state index in [0.29, 0.717) is 13.0 Å². The number of fused-ring (bicyclic) bond motifs is 1. The van der Waals surface area contributed by atoms with Gasteiger partial charge >= 0.3 is 7.12 Å². The van der Waals surface area contributed by atoms with E-state index in [0.717, 1.165) is 16.6 Å². The van der Waals surface area contributed by atoms with Crippen molar-refractivity contribution in [1.29, 1.82) is 0 Å². The molecule has 0 atom stereocenters. The number of allylic oxidation sites excluding steroid dienone is 3. The molecule has 0 bridgehead atoms. The maximum Gasteiger partial charge on any atom is 0.496 e. The topological polar surface area (TPSA) is 40.5 Å². The van der Waals surface area contributed by atoms with Gasteiger partial charge in [-0.25, -0.2) is 0 Å². The Morgan fingerprint density at radius 3 is 2.46 bits per heavy atom. The molecule has 0 aromatic carbocycles.